The zero-order chi connectivity index (χ0) is 30.1. The molecule has 4 aromatic rings. The van der Waals surface area contributed by atoms with E-state index >= 15 is 0 Å². The van der Waals surface area contributed by atoms with Crippen molar-refractivity contribution in [2.45, 2.75) is 59.6 Å². The third kappa shape index (κ3) is 5.78. The first kappa shape index (κ1) is 29.7. The van der Waals surface area contributed by atoms with Crippen LogP contribution in [0.1, 0.15) is 12.1 Å². The second-order valence-corrected chi connectivity index (χ2v) is 11.3. The zero-order valence-electron chi connectivity index (χ0n) is 22.4. The third-order valence-electron chi connectivity index (χ3n) is 7.45. The van der Waals surface area contributed by atoms with E-state index in [0.717, 1.165) is 11.8 Å². The topological polar surface area (TPSA) is 227 Å². The highest BCUT2D eigenvalue weighted by Crippen LogP contribution is 2.42. The normalized spacial score (nSPS) is 33.0. The van der Waals surface area contributed by atoms with E-state index < -0.39 is 72.8 Å². The first-order valence-electron chi connectivity index (χ1n) is 13.5. The Hall–Kier alpha value is -3.39. The molecule has 6 N–H and O–H groups in total. The van der Waals surface area contributed by atoms with Crippen LogP contribution in [0.4, 0.5) is 0 Å². The number of hydrogen-bond acceptors (Lipinski definition) is 15. The second-order valence-electron chi connectivity index (χ2n) is 10.1. The quantitative estimate of drug-likeness (QED) is 0.131. The molecule has 0 spiro atoms. The smallest absolute Gasteiger partial charge is 0.134 e. The molecule has 10 atom stereocenters. The molecule has 17 heteroatoms. The second kappa shape index (κ2) is 12.7. The molecule has 0 radical (unpaired) electrons. The molecule has 6 heterocycles. The molecule has 0 amide bonds. The van der Waals surface area contributed by atoms with Crippen LogP contribution in [0.2, 0.25) is 0 Å². The number of aromatic nitrogens is 8. The first-order chi connectivity index (χ1) is 20.9. The summed E-state index contributed by atoms with van der Waals surface area (Å²) in [6.45, 7) is -1.15. The number of rotatable bonds is 8. The molecule has 6 rings (SSSR count). The maximum Gasteiger partial charge on any atom is 0.134 e. The summed E-state index contributed by atoms with van der Waals surface area (Å²) in [6.07, 6.45) is -1.59. The minimum atomic E-state index is -1.42. The van der Waals surface area contributed by atoms with Crippen molar-refractivity contribution in [3.63, 3.8) is 0 Å². The highest BCUT2D eigenvalue weighted by Gasteiger charge is 2.51. The largest absolute Gasteiger partial charge is 0.394 e. The van der Waals surface area contributed by atoms with Crippen LogP contribution >= 0.6 is 11.8 Å². The zero-order valence-corrected chi connectivity index (χ0v) is 23.3. The van der Waals surface area contributed by atoms with Crippen LogP contribution in [-0.2, 0) is 9.47 Å². The van der Waals surface area contributed by atoms with Crippen molar-refractivity contribution in [2.75, 3.05) is 13.2 Å². The monoisotopic (exact) mass is 614 g/mol. The van der Waals surface area contributed by atoms with E-state index in [1.54, 1.807) is 48.8 Å². The van der Waals surface area contributed by atoms with E-state index in [4.69, 9.17) is 9.47 Å². The van der Waals surface area contributed by atoms with Crippen molar-refractivity contribution in [1.82, 2.24) is 40.0 Å². The average Bonchev–Trinajstić information content (AvgIpc) is 3.72. The summed E-state index contributed by atoms with van der Waals surface area (Å²) in [5, 5.41) is 81.1. The Morgan fingerprint density at radius 3 is 1.44 bits per heavy atom. The van der Waals surface area contributed by atoms with Gasteiger partial charge in [0.2, 0.25) is 0 Å². The van der Waals surface area contributed by atoms with Crippen LogP contribution in [0, 0.1) is 0 Å². The van der Waals surface area contributed by atoms with E-state index in [1.165, 1.54) is 21.8 Å². The van der Waals surface area contributed by atoms with Gasteiger partial charge in [-0.2, -0.15) is 0 Å². The van der Waals surface area contributed by atoms with E-state index in [2.05, 4.69) is 30.6 Å². The third-order valence-corrected chi connectivity index (χ3v) is 8.77. The van der Waals surface area contributed by atoms with Gasteiger partial charge in [0.25, 0.3) is 0 Å². The summed E-state index contributed by atoms with van der Waals surface area (Å²) in [4.78, 5) is 8.48. The van der Waals surface area contributed by atoms with Gasteiger partial charge in [-0.3, -0.25) is 9.97 Å². The summed E-state index contributed by atoms with van der Waals surface area (Å²) >= 11 is 0.867. The molecule has 43 heavy (non-hydrogen) atoms. The lowest BCUT2D eigenvalue weighted by Gasteiger charge is -2.46. The van der Waals surface area contributed by atoms with E-state index in [1.807, 2.05) is 0 Å². The molecule has 228 valence electrons. The molecule has 0 saturated carbocycles. The van der Waals surface area contributed by atoms with Gasteiger partial charge in [-0.05, 0) is 24.3 Å². The standard InChI is InChI=1S/C26H30N8O8S/c35-11-17-21(37)19(33-9-15(29-31-33)13-5-1-3-7-27-13)23(39)25(41-17)43-26-24(40)20(22(38)18(12-36)42-26)34-10-16(30-32-34)14-6-2-4-8-28-14/h1-10,17-26,35-40H,11-12H2/t17-,18?,19?,20?,21?,22+,23-,24+,25?,26+/m1/s1. The number of nitrogens with zero attached hydrogens (tertiary/aromatic N) is 8. The van der Waals surface area contributed by atoms with Crippen molar-refractivity contribution in [3.05, 3.63) is 61.2 Å². The summed E-state index contributed by atoms with van der Waals surface area (Å²) in [6, 6.07) is 8.35. The van der Waals surface area contributed by atoms with Crippen LogP contribution in [0.5, 0.6) is 0 Å². The predicted octanol–water partition coefficient (Wildman–Crippen LogP) is -1.61. The number of aliphatic hydroxyl groups is 6. The Morgan fingerprint density at radius 1 is 0.628 bits per heavy atom. The van der Waals surface area contributed by atoms with Crippen LogP contribution in [0.25, 0.3) is 22.8 Å². The molecule has 2 aliphatic heterocycles. The van der Waals surface area contributed by atoms with Crippen LogP contribution < -0.4 is 0 Å². The maximum atomic E-state index is 11.4. The van der Waals surface area contributed by atoms with Crippen molar-refractivity contribution in [3.8, 4) is 22.8 Å². The molecule has 2 aliphatic rings. The lowest BCUT2D eigenvalue weighted by molar-refractivity contribution is -0.189. The van der Waals surface area contributed by atoms with E-state index in [-0.39, 0.29) is 0 Å². The Morgan fingerprint density at radius 2 is 1.07 bits per heavy atom. The van der Waals surface area contributed by atoms with Crippen LogP contribution in [-0.4, -0.2) is 131 Å². The van der Waals surface area contributed by atoms with Gasteiger partial charge >= 0.3 is 0 Å². The number of hydrogen-bond donors (Lipinski definition) is 6. The molecule has 0 bridgehead atoms. The molecular weight excluding hydrogens is 584 g/mol. The van der Waals surface area contributed by atoms with Gasteiger partial charge in [0.05, 0.1) is 37.0 Å². The highest BCUT2D eigenvalue weighted by molar-refractivity contribution is 8.00. The van der Waals surface area contributed by atoms with Gasteiger partial charge < -0.3 is 40.1 Å². The fourth-order valence-electron chi connectivity index (χ4n) is 5.23. The number of ether oxygens (including phenoxy) is 2. The van der Waals surface area contributed by atoms with Gasteiger partial charge in [0.15, 0.2) is 0 Å². The van der Waals surface area contributed by atoms with Gasteiger partial charge in [0.1, 0.15) is 71.0 Å². The molecule has 16 nitrogen and oxygen atoms in total. The van der Waals surface area contributed by atoms with Crippen molar-refractivity contribution >= 4 is 11.8 Å². The first-order valence-corrected chi connectivity index (χ1v) is 14.4. The van der Waals surface area contributed by atoms with E-state index in [0.29, 0.717) is 22.8 Å². The molecule has 0 aromatic carbocycles. The Labute approximate surface area is 248 Å². The van der Waals surface area contributed by atoms with Gasteiger partial charge in [-0.1, -0.05) is 34.3 Å². The lowest BCUT2D eigenvalue weighted by atomic mass is 9.97. The van der Waals surface area contributed by atoms with Gasteiger partial charge in [-0.15, -0.1) is 10.2 Å². The van der Waals surface area contributed by atoms with Crippen LogP contribution in [0.3, 0.4) is 0 Å². The summed E-state index contributed by atoms with van der Waals surface area (Å²) < 4.78 is 14.2. The van der Waals surface area contributed by atoms with E-state index in [9.17, 15) is 30.6 Å². The SMILES string of the molecule is OCC1O[C@@H](SC2O[C@H](CO)C(O)C(n3cc(-c4ccccn4)nn3)[C@H]2O)[C@@H](O)C(n2cc(-c3ccccn3)nn2)[C@H]1O. The minimum absolute atomic E-state index is 0.405. The minimum Gasteiger partial charge on any atom is -0.394 e. The average molecular weight is 615 g/mol. The number of pyridine rings is 2. The number of thioether (sulfide) groups is 1. The van der Waals surface area contributed by atoms with Crippen molar-refractivity contribution in [1.29, 1.82) is 0 Å². The molecule has 2 fully saturated rings. The van der Waals surface area contributed by atoms with Crippen LogP contribution in [0.15, 0.2) is 61.2 Å². The predicted molar refractivity (Wildman–Crippen MR) is 148 cm³/mol. The molecule has 2 saturated heterocycles. The molecule has 4 aromatic heterocycles. The lowest BCUT2D eigenvalue weighted by Crippen LogP contribution is -2.58. The summed E-state index contributed by atoms with van der Waals surface area (Å²) in [7, 11) is 0. The fourth-order valence-corrected chi connectivity index (χ4v) is 6.55. The highest BCUT2D eigenvalue weighted by atomic mass is 32.2. The van der Waals surface area contributed by atoms with Gasteiger partial charge in [-0.25, -0.2) is 9.36 Å². The maximum absolute atomic E-state index is 11.4. The Balaban J connectivity index is 1.25. The number of aliphatic hydroxyl groups excluding tert-OH is 6. The molecular formula is C26H30N8O8S. The van der Waals surface area contributed by atoms with Crippen molar-refractivity contribution in [2.24, 2.45) is 0 Å². The Kier molecular flexibility index (Phi) is 8.75. The fraction of sp³-hybridized carbons (Fsp3) is 0.462. The summed E-state index contributed by atoms with van der Waals surface area (Å²) in [5.74, 6) is 0. The summed E-state index contributed by atoms with van der Waals surface area (Å²) in [5.41, 5.74) is -0.421. The van der Waals surface area contributed by atoms with Crippen molar-refractivity contribution < 1.29 is 40.1 Å². The van der Waals surface area contributed by atoms with Gasteiger partial charge in [0, 0.05) is 12.4 Å². The molecule has 5 unspecified atom stereocenters. The molecule has 0 aliphatic carbocycles. The Bertz CT molecular complexity index is 1370.